The molecule has 4 rings (SSSR count). The molecule has 2 aliphatic rings. The first-order valence-corrected chi connectivity index (χ1v) is 10.2. The molecule has 0 aromatic heterocycles. The smallest absolute Gasteiger partial charge is 0.253 e. The van der Waals surface area contributed by atoms with E-state index in [9.17, 15) is 14.4 Å². The second-order valence-electron chi connectivity index (χ2n) is 7.62. The van der Waals surface area contributed by atoms with Crippen LogP contribution in [0.3, 0.4) is 0 Å². The van der Waals surface area contributed by atoms with E-state index in [1.807, 2.05) is 35.2 Å². The monoisotopic (exact) mass is 407 g/mol. The fourth-order valence-corrected chi connectivity index (χ4v) is 3.89. The Bertz CT molecular complexity index is 963. The highest BCUT2D eigenvalue weighted by Gasteiger charge is 2.26. The minimum atomic E-state index is -0.0306. The highest BCUT2D eigenvalue weighted by Crippen LogP contribution is 2.24. The Hall–Kier alpha value is -3.35. The maximum Gasteiger partial charge on any atom is 0.253 e. The summed E-state index contributed by atoms with van der Waals surface area (Å²) in [5.41, 5.74) is 3.36. The van der Waals surface area contributed by atoms with E-state index in [0.29, 0.717) is 51.0 Å². The Morgan fingerprint density at radius 1 is 0.967 bits per heavy atom. The van der Waals surface area contributed by atoms with Gasteiger partial charge >= 0.3 is 0 Å². The second-order valence-corrected chi connectivity index (χ2v) is 7.62. The molecule has 30 heavy (non-hydrogen) atoms. The number of hydrogen-bond acceptors (Lipinski definition) is 4. The number of carbonyl (C=O) groups excluding carboxylic acids is 3. The van der Waals surface area contributed by atoms with Crippen LogP contribution in [0, 0.1) is 0 Å². The van der Waals surface area contributed by atoms with Crippen molar-refractivity contribution in [3.05, 3.63) is 59.2 Å². The van der Waals surface area contributed by atoms with Gasteiger partial charge in [0.1, 0.15) is 5.75 Å². The van der Waals surface area contributed by atoms with Crippen molar-refractivity contribution in [3.8, 4) is 5.75 Å². The zero-order chi connectivity index (χ0) is 21.1. The molecule has 156 valence electrons. The lowest BCUT2D eigenvalue weighted by Gasteiger charge is -2.35. The van der Waals surface area contributed by atoms with Crippen LogP contribution in [0.2, 0.25) is 0 Å². The van der Waals surface area contributed by atoms with Crippen molar-refractivity contribution < 1.29 is 19.1 Å². The van der Waals surface area contributed by atoms with Gasteiger partial charge in [0.05, 0.1) is 13.5 Å². The summed E-state index contributed by atoms with van der Waals surface area (Å²) in [6, 6.07) is 12.9. The summed E-state index contributed by atoms with van der Waals surface area (Å²) in [6.07, 6.45) is 1.43. The maximum absolute atomic E-state index is 12.9. The number of fused-ring (bicyclic) bond motifs is 1. The van der Waals surface area contributed by atoms with Gasteiger partial charge in [0.15, 0.2) is 0 Å². The number of carbonyl (C=O) groups is 3. The fraction of sp³-hybridized carbons (Fsp3) is 0.348. The lowest BCUT2D eigenvalue weighted by Crippen LogP contribution is -2.51. The molecule has 2 aromatic rings. The van der Waals surface area contributed by atoms with Gasteiger partial charge in [-0.05, 0) is 47.9 Å². The largest absolute Gasteiger partial charge is 0.497 e. The summed E-state index contributed by atoms with van der Waals surface area (Å²) in [6.45, 7) is 2.09. The molecule has 0 radical (unpaired) electrons. The van der Waals surface area contributed by atoms with Gasteiger partial charge in [-0.2, -0.15) is 0 Å². The quantitative estimate of drug-likeness (QED) is 0.842. The third kappa shape index (κ3) is 4.30. The molecule has 1 saturated heterocycles. The predicted octanol–water partition coefficient (Wildman–Crippen LogP) is 2.11. The lowest BCUT2D eigenvalue weighted by molar-refractivity contribution is -0.131. The zero-order valence-electron chi connectivity index (χ0n) is 17.0. The summed E-state index contributed by atoms with van der Waals surface area (Å²) < 4.78 is 5.15. The van der Waals surface area contributed by atoms with Crippen LogP contribution in [-0.2, 0) is 22.4 Å². The molecule has 7 heteroatoms. The summed E-state index contributed by atoms with van der Waals surface area (Å²) in [7, 11) is 1.61. The molecule has 1 fully saturated rings. The molecule has 7 nitrogen and oxygen atoms in total. The molecule has 0 unspecified atom stereocenters. The minimum Gasteiger partial charge on any atom is -0.497 e. The van der Waals surface area contributed by atoms with E-state index in [4.69, 9.17) is 4.74 Å². The molecule has 0 aliphatic carbocycles. The summed E-state index contributed by atoms with van der Waals surface area (Å²) in [4.78, 5) is 40.6. The first-order chi connectivity index (χ1) is 14.5. The van der Waals surface area contributed by atoms with Crippen LogP contribution in [0.1, 0.15) is 27.9 Å². The average Bonchev–Trinajstić information content (AvgIpc) is 2.79. The molecule has 2 aliphatic heterocycles. The minimum absolute atomic E-state index is 0.0111. The first-order valence-electron chi connectivity index (χ1n) is 10.2. The number of benzene rings is 2. The number of aryl methyl sites for hydroxylation is 1. The van der Waals surface area contributed by atoms with E-state index in [-0.39, 0.29) is 17.7 Å². The van der Waals surface area contributed by atoms with Gasteiger partial charge in [0, 0.05) is 43.9 Å². The molecule has 3 amide bonds. The van der Waals surface area contributed by atoms with Crippen molar-refractivity contribution in [1.82, 2.24) is 9.80 Å². The van der Waals surface area contributed by atoms with E-state index in [0.717, 1.165) is 22.6 Å². The van der Waals surface area contributed by atoms with E-state index in [1.165, 1.54) is 0 Å². The van der Waals surface area contributed by atoms with E-state index < -0.39 is 0 Å². The number of anilines is 1. The van der Waals surface area contributed by atoms with Crippen LogP contribution in [0.15, 0.2) is 42.5 Å². The molecule has 0 bridgehead atoms. The molecule has 0 atom stereocenters. The molecule has 0 saturated carbocycles. The van der Waals surface area contributed by atoms with Crippen molar-refractivity contribution in [2.24, 2.45) is 0 Å². The SMILES string of the molecule is COc1ccc(CC(=O)N2CCN(C(=O)c3ccc4c(c3)CCC(=O)N4)CC2)cc1. The van der Waals surface area contributed by atoms with Gasteiger partial charge in [-0.1, -0.05) is 12.1 Å². The van der Waals surface area contributed by atoms with Crippen LogP contribution in [0.5, 0.6) is 5.75 Å². The van der Waals surface area contributed by atoms with Crippen LogP contribution in [-0.4, -0.2) is 60.8 Å². The predicted molar refractivity (Wildman–Crippen MR) is 113 cm³/mol. The number of hydrogen-bond donors (Lipinski definition) is 1. The molecule has 1 N–H and O–H groups in total. The van der Waals surface area contributed by atoms with E-state index >= 15 is 0 Å². The summed E-state index contributed by atoms with van der Waals surface area (Å²) in [5.74, 6) is 0.814. The highest BCUT2D eigenvalue weighted by atomic mass is 16.5. The van der Waals surface area contributed by atoms with Crippen molar-refractivity contribution >= 4 is 23.4 Å². The van der Waals surface area contributed by atoms with Gasteiger partial charge in [0.2, 0.25) is 11.8 Å². The van der Waals surface area contributed by atoms with Crippen LogP contribution in [0.4, 0.5) is 5.69 Å². The van der Waals surface area contributed by atoms with Crippen LogP contribution >= 0.6 is 0 Å². The number of rotatable bonds is 4. The Morgan fingerprint density at radius 3 is 2.37 bits per heavy atom. The third-order valence-electron chi connectivity index (χ3n) is 5.68. The highest BCUT2D eigenvalue weighted by molar-refractivity contribution is 5.98. The Kier molecular flexibility index (Phi) is 5.70. The van der Waals surface area contributed by atoms with Crippen LogP contribution in [0.25, 0.3) is 0 Å². The van der Waals surface area contributed by atoms with Gasteiger partial charge in [0.25, 0.3) is 5.91 Å². The van der Waals surface area contributed by atoms with Crippen molar-refractivity contribution in [2.75, 3.05) is 38.6 Å². The molecule has 2 heterocycles. The topological polar surface area (TPSA) is 79.0 Å². The number of nitrogens with zero attached hydrogens (tertiary/aromatic N) is 2. The Morgan fingerprint density at radius 2 is 1.67 bits per heavy atom. The Labute approximate surface area is 175 Å². The molecular weight excluding hydrogens is 382 g/mol. The number of ether oxygens (including phenoxy) is 1. The van der Waals surface area contributed by atoms with Crippen molar-refractivity contribution in [1.29, 1.82) is 0 Å². The molecule has 2 aromatic carbocycles. The fourth-order valence-electron chi connectivity index (χ4n) is 3.89. The van der Waals surface area contributed by atoms with E-state index in [2.05, 4.69) is 5.32 Å². The standard InChI is InChI=1S/C23H25N3O4/c1-30-19-6-2-16(3-7-19)14-22(28)25-10-12-26(13-11-25)23(29)18-4-8-20-17(15-18)5-9-21(27)24-20/h2-4,6-8,15H,5,9-14H2,1H3,(H,24,27). The lowest BCUT2D eigenvalue weighted by atomic mass is 10.00. The Balaban J connectivity index is 1.33. The van der Waals surface area contributed by atoms with Gasteiger partial charge in [-0.3, -0.25) is 14.4 Å². The number of amides is 3. The van der Waals surface area contributed by atoms with Gasteiger partial charge < -0.3 is 19.9 Å². The van der Waals surface area contributed by atoms with Gasteiger partial charge in [-0.15, -0.1) is 0 Å². The number of methoxy groups -OCH3 is 1. The van der Waals surface area contributed by atoms with Gasteiger partial charge in [-0.25, -0.2) is 0 Å². The number of piperazine rings is 1. The number of nitrogens with one attached hydrogen (secondary N) is 1. The third-order valence-corrected chi connectivity index (χ3v) is 5.68. The second kappa shape index (κ2) is 8.57. The average molecular weight is 407 g/mol. The van der Waals surface area contributed by atoms with E-state index in [1.54, 1.807) is 24.1 Å². The van der Waals surface area contributed by atoms with Crippen LogP contribution < -0.4 is 10.1 Å². The normalized spacial score (nSPS) is 16.0. The maximum atomic E-state index is 12.9. The summed E-state index contributed by atoms with van der Waals surface area (Å²) in [5, 5.41) is 2.84. The van der Waals surface area contributed by atoms with Crippen molar-refractivity contribution in [2.45, 2.75) is 19.3 Å². The first kappa shape index (κ1) is 19.9. The zero-order valence-corrected chi connectivity index (χ0v) is 17.0. The molecule has 0 spiro atoms. The summed E-state index contributed by atoms with van der Waals surface area (Å²) >= 11 is 0. The molecular formula is C23H25N3O4. The van der Waals surface area contributed by atoms with Crippen molar-refractivity contribution in [3.63, 3.8) is 0 Å².